The number of carbonyl (C=O) groups is 1. The zero-order chi connectivity index (χ0) is 17.7. The third-order valence-corrected chi connectivity index (χ3v) is 5.82. The quantitative estimate of drug-likeness (QED) is 0.768. The van der Waals surface area contributed by atoms with Gasteiger partial charge in [0.15, 0.2) is 9.84 Å². The Morgan fingerprint density at radius 2 is 2.17 bits per heavy atom. The second-order valence-corrected chi connectivity index (χ2v) is 8.21. The molecule has 1 aliphatic heterocycles. The first-order valence-electron chi connectivity index (χ1n) is 8.22. The average molecular weight is 355 g/mol. The van der Waals surface area contributed by atoms with Crippen molar-refractivity contribution < 1.29 is 17.9 Å². The predicted octanol–water partition coefficient (Wildman–Crippen LogP) is 1.50. The Balaban J connectivity index is 2.06. The zero-order valence-electron chi connectivity index (χ0n) is 14.5. The molecule has 7 nitrogen and oxygen atoms in total. The number of ether oxygens (including phenoxy) is 1. The van der Waals surface area contributed by atoms with E-state index in [1.165, 1.54) is 13.3 Å². The van der Waals surface area contributed by atoms with Crippen molar-refractivity contribution in [2.75, 3.05) is 19.4 Å². The van der Waals surface area contributed by atoms with Crippen molar-refractivity contribution in [2.45, 2.75) is 51.3 Å². The number of aromatic nitrogens is 2. The summed E-state index contributed by atoms with van der Waals surface area (Å²) >= 11 is 0. The highest BCUT2D eigenvalue weighted by Gasteiger charge is 2.29. The topological polar surface area (TPSA) is 89.5 Å². The number of carbonyl (C=O) groups excluding carboxylic acids is 1. The van der Waals surface area contributed by atoms with Gasteiger partial charge in [-0.05, 0) is 32.6 Å². The normalized spacial score (nSPS) is 18.5. The van der Waals surface area contributed by atoms with Gasteiger partial charge in [0.2, 0.25) is 5.91 Å². The molecule has 2 heterocycles. The molecule has 1 aromatic rings. The molecule has 1 amide bonds. The molecule has 0 spiro atoms. The van der Waals surface area contributed by atoms with E-state index in [0.29, 0.717) is 17.8 Å². The van der Waals surface area contributed by atoms with Crippen molar-refractivity contribution in [1.29, 1.82) is 0 Å². The maximum Gasteiger partial charge on any atom is 0.316 e. The summed E-state index contributed by atoms with van der Waals surface area (Å²) in [6, 6.07) is 0.358. The lowest BCUT2D eigenvalue weighted by atomic mass is 10.0. The van der Waals surface area contributed by atoms with E-state index >= 15 is 0 Å². The molecule has 1 fully saturated rings. The summed E-state index contributed by atoms with van der Waals surface area (Å²) in [7, 11) is -2.12. The molecule has 24 heavy (non-hydrogen) atoms. The summed E-state index contributed by atoms with van der Waals surface area (Å²) < 4.78 is 29.8. The number of amides is 1. The van der Waals surface area contributed by atoms with Gasteiger partial charge in [-0.2, -0.15) is 0 Å². The lowest BCUT2D eigenvalue weighted by molar-refractivity contribution is -0.132. The van der Waals surface area contributed by atoms with Crippen LogP contribution in [0.15, 0.2) is 6.20 Å². The number of hydrogen-bond donors (Lipinski definition) is 0. The van der Waals surface area contributed by atoms with E-state index in [1.54, 1.807) is 11.8 Å². The molecule has 0 N–H and O–H groups in total. The largest absolute Gasteiger partial charge is 0.467 e. The van der Waals surface area contributed by atoms with Crippen molar-refractivity contribution in [3.63, 3.8) is 0 Å². The molecule has 1 unspecified atom stereocenters. The van der Waals surface area contributed by atoms with E-state index < -0.39 is 15.6 Å². The molecule has 1 atom stereocenters. The van der Waals surface area contributed by atoms with Crippen LogP contribution in [0.4, 0.5) is 0 Å². The second-order valence-electron chi connectivity index (χ2n) is 6.14. The third kappa shape index (κ3) is 4.66. The van der Waals surface area contributed by atoms with Crippen LogP contribution in [0.3, 0.4) is 0 Å². The van der Waals surface area contributed by atoms with Gasteiger partial charge in [0.25, 0.3) is 0 Å². The van der Waals surface area contributed by atoms with Crippen LogP contribution >= 0.6 is 0 Å². The number of methoxy groups -OCH3 is 1. The molecular formula is C16H25N3O4S. The maximum absolute atomic E-state index is 12.5. The van der Waals surface area contributed by atoms with Crippen molar-refractivity contribution in [1.82, 2.24) is 14.9 Å². The standard InChI is InChI=1S/C16H25N3O4S/c1-4-14-7-5-6-8-19(14)15(20)11-24(21,22)10-13-9-17-16(23-3)18-12(13)2/h9,14H,4-8,10-11H2,1-3H3. The lowest BCUT2D eigenvalue weighted by Crippen LogP contribution is -2.45. The summed E-state index contributed by atoms with van der Waals surface area (Å²) in [4.78, 5) is 22.2. The third-order valence-electron chi connectivity index (χ3n) is 4.38. The van der Waals surface area contributed by atoms with Gasteiger partial charge in [0.1, 0.15) is 5.75 Å². The minimum Gasteiger partial charge on any atom is -0.467 e. The van der Waals surface area contributed by atoms with Gasteiger partial charge in [-0.3, -0.25) is 4.79 Å². The van der Waals surface area contributed by atoms with E-state index in [2.05, 4.69) is 9.97 Å². The fraction of sp³-hybridized carbons (Fsp3) is 0.688. The molecule has 0 aromatic carbocycles. The average Bonchev–Trinajstić information content (AvgIpc) is 2.56. The first-order chi connectivity index (χ1) is 11.4. The smallest absolute Gasteiger partial charge is 0.316 e. The first kappa shape index (κ1) is 18.6. The Hall–Kier alpha value is -1.70. The van der Waals surface area contributed by atoms with Gasteiger partial charge in [0, 0.05) is 30.0 Å². The predicted molar refractivity (Wildman–Crippen MR) is 90.5 cm³/mol. The van der Waals surface area contributed by atoms with Crippen LogP contribution in [0.1, 0.15) is 43.9 Å². The molecular weight excluding hydrogens is 330 g/mol. The number of likely N-dealkylation sites (tertiary alicyclic amines) is 1. The van der Waals surface area contributed by atoms with Gasteiger partial charge in [-0.15, -0.1) is 0 Å². The Bertz CT molecular complexity index is 691. The van der Waals surface area contributed by atoms with Crippen LogP contribution in [-0.2, 0) is 20.4 Å². The van der Waals surface area contributed by atoms with E-state index in [-0.39, 0.29) is 23.7 Å². The zero-order valence-corrected chi connectivity index (χ0v) is 15.3. The van der Waals surface area contributed by atoms with Crippen molar-refractivity contribution in [2.24, 2.45) is 0 Å². The molecule has 1 aromatic heterocycles. The molecule has 1 aliphatic rings. The summed E-state index contributed by atoms with van der Waals surface area (Å²) in [5.41, 5.74) is 1.04. The Morgan fingerprint density at radius 3 is 2.79 bits per heavy atom. The van der Waals surface area contributed by atoms with Crippen LogP contribution in [0.5, 0.6) is 6.01 Å². The minimum atomic E-state index is -3.57. The summed E-state index contributed by atoms with van der Waals surface area (Å²) in [6.45, 7) is 4.38. The highest BCUT2D eigenvalue weighted by Crippen LogP contribution is 2.20. The van der Waals surface area contributed by atoms with Crippen LogP contribution in [0.2, 0.25) is 0 Å². The fourth-order valence-corrected chi connectivity index (χ4v) is 4.42. The van der Waals surface area contributed by atoms with E-state index in [4.69, 9.17) is 4.74 Å². The summed E-state index contributed by atoms with van der Waals surface area (Å²) in [6.07, 6.45) is 5.29. The monoisotopic (exact) mass is 355 g/mol. The van der Waals surface area contributed by atoms with E-state index in [1.807, 2.05) is 6.92 Å². The fourth-order valence-electron chi connectivity index (χ4n) is 3.02. The number of hydrogen-bond acceptors (Lipinski definition) is 6. The highest BCUT2D eigenvalue weighted by molar-refractivity contribution is 7.91. The maximum atomic E-state index is 12.5. The Labute approximate surface area is 143 Å². The highest BCUT2D eigenvalue weighted by atomic mass is 32.2. The number of rotatable bonds is 6. The molecule has 134 valence electrons. The van der Waals surface area contributed by atoms with Gasteiger partial charge in [0.05, 0.1) is 12.9 Å². The van der Waals surface area contributed by atoms with Crippen molar-refractivity contribution in [3.05, 3.63) is 17.5 Å². The van der Waals surface area contributed by atoms with Crippen molar-refractivity contribution >= 4 is 15.7 Å². The number of nitrogens with zero attached hydrogens (tertiary/aromatic N) is 3. The van der Waals surface area contributed by atoms with Crippen LogP contribution in [-0.4, -0.2) is 54.6 Å². The van der Waals surface area contributed by atoms with Crippen LogP contribution in [0.25, 0.3) is 0 Å². The molecule has 0 radical (unpaired) electrons. The Kier molecular flexibility index (Phi) is 6.15. The minimum absolute atomic E-state index is 0.160. The molecule has 0 saturated carbocycles. The van der Waals surface area contributed by atoms with Gasteiger partial charge in [-0.1, -0.05) is 6.92 Å². The molecule has 1 saturated heterocycles. The molecule has 2 rings (SSSR count). The summed E-state index contributed by atoms with van der Waals surface area (Å²) in [5, 5.41) is 0. The Morgan fingerprint density at radius 1 is 1.42 bits per heavy atom. The van der Waals surface area contributed by atoms with Crippen LogP contribution < -0.4 is 4.74 Å². The number of piperidine rings is 1. The second kappa shape index (κ2) is 7.92. The molecule has 0 bridgehead atoms. The number of aryl methyl sites for hydroxylation is 1. The van der Waals surface area contributed by atoms with Gasteiger partial charge >= 0.3 is 6.01 Å². The first-order valence-corrected chi connectivity index (χ1v) is 10.0. The lowest BCUT2D eigenvalue weighted by Gasteiger charge is -2.35. The van der Waals surface area contributed by atoms with Crippen molar-refractivity contribution in [3.8, 4) is 6.01 Å². The molecule has 8 heteroatoms. The SMILES string of the molecule is CCC1CCCCN1C(=O)CS(=O)(=O)Cc1cnc(OC)nc1C. The van der Waals surface area contributed by atoms with E-state index in [0.717, 1.165) is 25.7 Å². The van der Waals surface area contributed by atoms with Gasteiger partial charge < -0.3 is 9.64 Å². The van der Waals surface area contributed by atoms with Gasteiger partial charge in [-0.25, -0.2) is 18.4 Å². The van der Waals surface area contributed by atoms with Crippen LogP contribution in [0, 0.1) is 6.92 Å². The molecule has 0 aliphatic carbocycles. The van der Waals surface area contributed by atoms with E-state index in [9.17, 15) is 13.2 Å². The summed E-state index contributed by atoms with van der Waals surface area (Å²) in [5.74, 6) is -0.998. The number of sulfone groups is 1.